The van der Waals surface area contributed by atoms with Gasteiger partial charge < -0.3 is 14.3 Å². The highest BCUT2D eigenvalue weighted by molar-refractivity contribution is 5.80. The minimum absolute atomic E-state index is 0.179. The molecule has 0 amide bonds. The zero-order valence-electron chi connectivity index (χ0n) is 19.9. The third-order valence-corrected chi connectivity index (χ3v) is 6.35. The molecule has 0 radical (unpaired) electrons. The second kappa shape index (κ2) is 9.00. The fourth-order valence-corrected chi connectivity index (χ4v) is 4.42. The van der Waals surface area contributed by atoms with E-state index in [0.29, 0.717) is 17.9 Å². The van der Waals surface area contributed by atoms with Crippen LogP contribution in [0.5, 0.6) is 11.5 Å². The van der Waals surface area contributed by atoms with E-state index in [9.17, 15) is 10.1 Å². The molecule has 1 N–H and O–H groups in total. The Labute approximate surface area is 203 Å². The summed E-state index contributed by atoms with van der Waals surface area (Å²) in [7, 11) is 0. The number of nitrogens with zero attached hydrogens (tertiary/aromatic N) is 2. The first kappa shape index (κ1) is 22.2. The standard InChI is InChI=1S/C30H25N3O2/c1-19-4-5-24(20(2)14-19)18-33-29(15-21(3)27(17-31)30(33)34)22-6-8-25(9-7-22)35-26-10-11-28-23(16-26)12-13-32-28/h4-16,32H,18H2,1-3H3. The van der Waals surface area contributed by atoms with E-state index in [1.807, 2.05) is 86.8 Å². The fraction of sp³-hybridized carbons (Fsp3) is 0.133. The van der Waals surface area contributed by atoms with Gasteiger partial charge in [0.25, 0.3) is 5.56 Å². The maximum Gasteiger partial charge on any atom is 0.269 e. The van der Waals surface area contributed by atoms with E-state index in [0.717, 1.165) is 39.0 Å². The van der Waals surface area contributed by atoms with Crippen LogP contribution in [0.4, 0.5) is 0 Å². The molecule has 2 aromatic heterocycles. The third kappa shape index (κ3) is 4.34. The Morgan fingerprint density at radius 1 is 0.886 bits per heavy atom. The van der Waals surface area contributed by atoms with Crippen LogP contribution in [-0.2, 0) is 6.54 Å². The minimum Gasteiger partial charge on any atom is -0.457 e. The SMILES string of the molecule is Cc1ccc(Cn2c(-c3ccc(Oc4ccc5[nH]ccc5c4)cc3)cc(C)c(C#N)c2=O)c(C)c1. The first-order chi connectivity index (χ1) is 16.9. The van der Waals surface area contributed by atoms with Crippen molar-refractivity contribution in [2.75, 3.05) is 0 Å². The molecule has 35 heavy (non-hydrogen) atoms. The number of hydrogen-bond acceptors (Lipinski definition) is 3. The second-order valence-corrected chi connectivity index (χ2v) is 8.87. The number of aromatic nitrogens is 2. The zero-order valence-corrected chi connectivity index (χ0v) is 19.9. The average Bonchev–Trinajstić information content (AvgIpc) is 3.31. The Morgan fingerprint density at radius 2 is 1.66 bits per heavy atom. The van der Waals surface area contributed by atoms with Gasteiger partial charge in [-0.3, -0.25) is 4.79 Å². The summed E-state index contributed by atoms with van der Waals surface area (Å²) in [6.07, 6.45) is 1.90. The summed E-state index contributed by atoms with van der Waals surface area (Å²) in [5.74, 6) is 1.46. The monoisotopic (exact) mass is 459 g/mol. The van der Waals surface area contributed by atoms with Gasteiger partial charge in [-0.15, -0.1) is 0 Å². The number of nitriles is 1. The summed E-state index contributed by atoms with van der Waals surface area (Å²) in [5.41, 5.74) is 6.62. The number of hydrogen-bond donors (Lipinski definition) is 1. The fourth-order valence-electron chi connectivity index (χ4n) is 4.42. The molecular formula is C30H25N3O2. The van der Waals surface area contributed by atoms with Crippen molar-refractivity contribution < 1.29 is 4.74 Å². The lowest BCUT2D eigenvalue weighted by atomic mass is 10.0. The summed E-state index contributed by atoms with van der Waals surface area (Å²) < 4.78 is 7.75. The molecular weight excluding hydrogens is 434 g/mol. The molecule has 5 heteroatoms. The number of benzene rings is 3. The van der Waals surface area contributed by atoms with E-state index >= 15 is 0 Å². The number of ether oxygens (including phenoxy) is 1. The number of fused-ring (bicyclic) bond motifs is 1. The Kier molecular flexibility index (Phi) is 5.72. The maximum atomic E-state index is 13.3. The zero-order chi connectivity index (χ0) is 24.5. The number of rotatable bonds is 5. The van der Waals surface area contributed by atoms with Crippen LogP contribution in [0.2, 0.25) is 0 Å². The molecule has 5 nitrogen and oxygen atoms in total. The summed E-state index contributed by atoms with van der Waals surface area (Å²) in [5, 5.41) is 10.7. The van der Waals surface area contributed by atoms with Crippen molar-refractivity contribution in [2.24, 2.45) is 0 Å². The van der Waals surface area contributed by atoms with Crippen LogP contribution in [0, 0.1) is 32.1 Å². The van der Waals surface area contributed by atoms with Crippen LogP contribution in [0.15, 0.2) is 83.8 Å². The van der Waals surface area contributed by atoms with Gasteiger partial charge in [0, 0.05) is 17.1 Å². The molecule has 0 fully saturated rings. The lowest BCUT2D eigenvalue weighted by Gasteiger charge is -2.17. The molecule has 0 saturated carbocycles. The molecule has 5 rings (SSSR count). The molecule has 0 saturated heterocycles. The van der Waals surface area contributed by atoms with Gasteiger partial charge in [0.2, 0.25) is 0 Å². The lowest BCUT2D eigenvalue weighted by Crippen LogP contribution is -2.26. The summed E-state index contributed by atoms with van der Waals surface area (Å²) in [6, 6.07) is 25.8. The number of H-pyrrole nitrogens is 1. The van der Waals surface area contributed by atoms with Crippen molar-refractivity contribution in [3.63, 3.8) is 0 Å². The highest BCUT2D eigenvalue weighted by atomic mass is 16.5. The van der Waals surface area contributed by atoms with E-state index < -0.39 is 0 Å². The predicted octanol–water partition coefficient (Wildman–Crippen LogP) is 6.63. The molecule has 0 spiro atoms. The molecule has 172 valence electrons. The largest absolute Gasteiger partial charge is 0.457 e. The van der Waals surface area contributed by atoms with E-state index in [1.54, 1.807) is 11.5 Å². The second-order valence-electron chi connectivity index (χ2n) is 8.87. The molecule has 5 aromatic rings. The van der Waals surface area contributed by atoms with Crippen LogP contribution >= 0.6 is 0 Å². The molecule has 0 atom stereocenters. The van der Waals surface area contributed by atoms with Crippen molar-refractivity contribution in [2.45, 2.75) is 27.3 Å². The van der Waals surface area contributed by atoms with Gasteiger partial charge in [-0.1, -0.05) is 23.8 Å². The van der Waals surface area contributed by atoms with Crippen molar-refractivity contribution in [3.05, 3.63) is 117 Å². The lowest BCUT2D eigenvalue weighted by molar-refractivity contribution is 0.483. The third-order valence-electron chi connectivity index (χ3n) is 6.35. The van der Waals surface area contributed by atoms with E-state index in [1.165, 1.54) is 5.56 Å². The highest BCUT2D eigenvalue weighted by Gasteiger charge is 2.15. The van der Waals surface area contributed by atoms with Gasteiger partial charge in [-0.2, -0.15) is 5.26 Å². The van der Waals surface area contributed by atoms with E-state index in [4.69, 9.17) is 4.74 Å². The molecule has 0 aliphatic rings. The molecule has 0 bridgehead atoms. The smallest absolute Gasteiger partial charge is 0.269 e. The van der Waals surface area contributed by atoms with Gasteiger partial charge in [0.05, 0.1) is 12.2 Å². The van der Waals surface area contributed by atoms with Gasteiger partial charge in [-0.05, 0) is 97.6 Å². The Morgan fingerprint density at radius 3 is 2.40 bits per heavy atom. The molecule has 2 heterocycles. The van der Waals surface area contributed by atoms with Crippen LogP contribution in [-0.4, -0.2) is 9.55 Å². The van der Waals surface area contributed by atoms with E-state index in [-0.39, 0.29) is 11.1 Å². The minimum atomic E-state index is -0.275. The van der Waals surface area contributed by atoms with E-state index in [2.05, 4.69) is 17.1 Å². The van der Waals surface area contributed by atoms with Crippen LogP contribution < -0.4 is 10.3 Å². The van der Waals surface area contributed by atoms with Crippen molar-refractivity contribution in [3.8, 4) is 28.8 Å². The van der Waals surface area contributed by atoms with Crippen LogP contribution in [0.1, 0.15) is 27.8 Å². The normalized spacial score (nSPS) is 10.9. The predicted molar refractivity (Wildman–Crippen MR) is 139 cm³/mol. The quantitative estimate of drug-likeness (QED) is 0.320. The summed E-state index contributed by atoms with van der Waals surface area (Å²) >= 11 is 0. The number of aromatic amines is 1. The maximum absolute atomic E-state index is 13.3. The Hall–Kier alpha value is -4.56. The first-order valence-corrected chi connectivity index (χ1v) is 11.5. The van der Waals surface area contributed by atoms with Crippen molar-refractivity contribution in [1.82, 2.24) is 9.55 Å². The number of pyridine rings is 1. The topological polar surface area (TPSA) is 70.8 Å². The average molecular weight is 460 g/mol. The Balaban J connectivity index is 1.51. The van der Waals surface area contributed by atoms with Gasteiger partial charge in [0.1, 0.15) is 23.1 Å². The molecule has 3 aromatic carbocycles. The van der Waals surface area contributed by atoms with Gasteiger partial charge in [0.15, 0.2) is 0 Å². The number of aryl methyl sites for hydroxylation is 3. The number of nitrogens with one attached hydrogen (secondary N) is 1. The highest BCUT2D eigenvalue weighted by Crippen LogP contribution is 2.29. The molecule has 0 aliphatic carbocycles. The van der Waals surface area contributed by atoms with Crippen molar-refractivity contribution in [1.29, 1.82) is 5.26 Å². The van der Waals surface area contributed by atoms with Gasteiger partial charge in [-0.25, -0.2) is 0 Å². The van der Waals surface area contributed by atoms with Crippen LogP contribution in [0.3, 0.4) is 0 Å². The van der Waals surface area contributed by atoms with Gasteiger partial charge >= 0.3 is 0 Å². The van der Waals surface area contributed by atoms with Crippen molar-refractivity contribution >= 4 is 10.9 Å². The first-order valence-electron chi connectivity index (χ1n) is 11.5. The summed E-state index contributed by atoms with van der Waals surface area (Å²) in [6.45, 7) is 6.29. The van der Waals surface area contributed by atoms with Crippen LogP contribution in [0.25, 0.3) is 22.2 Å². The Bertz CT molecular complexity index is 1650. The molecule has 0 unspecified atom stereocenters. The summed E-state index contributed by atoms with van der Waals surface area (Å²) in [4.78, 5) is 16.5. The molecule has 0 aliphatic heterocycles.